The molecular weight excluding hydrogens is 380 g/mol. The SMILES string of the molecule is CC(NCC(=O)N1CCN(c2ccccc2[N+](=O)[O-])CC1)c1ccccc1Cl. The van der Waals surface area contributed by atoms with Gasteiger partial charge in [-0.05, 0) is 24.6 Å². The van der Waals surface area contributed by atoms with Gasteiger partial charge in [-0.3, -0.25) is 14.9 Å². The van der Waals surface area contributed by atoms with Gasteiger partial charge in [-0.1, -0.05) is 41.9 Å². The molecule has 1 fully saturated rings. The Morgan fingerprint density at radius 3 is 2.46 bits per heavy atom. The Morgan fingerprint density at radius 2 is 1.79 bits per heavy atom. The number of hydrogen-bond acceptors (Lipinski definition) is 5. The minimum atomic E-state index is -0.368. The number of nitro groups is 1. The molecule has 1 saturated heterocycles. The number of piperazine rings is 1. The molecule has 0 aliphatic carbocycles. The summed E-state index contributed by atoms with van der Waals surface area (Å²) in [6.45, 7) is 4.40. The average molecular weight is 403 g/mol. The summed E-state index contributed by atoms with van der Waals surface area (Å²) in [5, 5.41) is 15.1. The number of carbonyl (C=O) groups excluding carboxylic acids is 1. The molecule has 1 amide bonds. The van der Waals surface area contributed by atoms with E-state index in [-0.39, 0.29) is 29.1 Å². The Hall–Kier alpha value is -2.64. The highest BCUT2D eigenvalue weighted by Crippen LogP contribution is 2.28. The molecule has 2 aromatic carbocycles. The number of carbonyl (C=O) groups is 1. The highest BCUT2D eigenvalue weighted by Gasteiger charge is 2.25. The summed E-state index contributed by atoms with van der Waals surface area (Å²) in [5.74, 6) is 0.0149. The smallest absolute Gasteiger partial charge is 0.292 e. The Morgan fingerprint density at radius 1 is 1.14 bits per heavy atom. The summed E-state index contributed by atoms with van der Waals surface area (Å²) >= 11 is 6.20. The van der Waals surface area contributed by atoms with Gasteiger partial charge in [0.25, 0.3) is 5.69 Å². The highest BCUT2D eigenvalue weighted by molar-refractivity contribution is 6.31. The zero-order valence-electron chi connectivity index (χ0n) is 15.7. The third-order valence-corrected chi connectivity index (χ3v) is 5.33. The lowest BCUT2D eigenvalue weighted by Crippen LogP contribution is -2.51. The lowest BCUT2D eigenvalue weighted by Gasteiger charge is -2.36. The van der Waals surface area contributed by atoms with Gasteiger partial charge >= 0.3 is 0 Å². The van der Waals surface area contributed by atoms with Crippen LogP contribution in [-0.4, -0.2) is 48.5 Å². The zero-order chi connectivity index (χ0) is 20.1. The van der Waals surface area contributed by atoms with E-state index in [1.165, 1.54) is 6.07 Å². The van der Waals surface area contributed by atoms with Crippen molar-refractivity contribution >= 4 is 28.9 Å². The number of halogens is 1. The van der Waals surface area contributed by atoms with Crippen molar-refractivity contribution in [3.63, 3.8) is 0 Å². The van der Waals surface area contributed by atoms with Crippen LogP contribution in [0.4, 0.5) is 11.4 Å². The molecule has 1 aliphatic heterocycles. The Kier molecular flexibility index (Phi) is 6.49. The Bertz CT molecular complexity index is 853. The minimum absolute atomic E-state index is 0.0149. The average Bonchev–Trinajstić information content (AvgIpc) is 2.72. The van der Waals surface area contributed by atoms with Gasteiger partial charge in [0.2, 0.25) is 5.91 Å². The molecule has 1 N–H and O–H groups in total. The molecule has 8 heteroatoms. The largest absolute Gasteiger partial charge is 0.362 e. The first-order valence-corrected chi connectivity index (χ1v) is 9.59. The molecule has 0 saturated carbocycles. The molecule has 0 spiro atoms. The number of nitro benzene ring substituents is 1. The summed E-state index contributed by atoms with van der Waals surface area (Å²) in [6, 6.07) is 14.2. The molecule has 148 valence electrons. The summed E-state index contributed by atoms with van der Waals surface area (Å²) in [7, 11) is 0. The van der Waals surface area contributed by atoms with Crippen LogP contribution in [0.25, 0.3) is 0 Å². The first kappa shape index (κ1) is 20.1. The van der Waals surface area contributed by atoms with Gasteiger partial charge in [0.1, 0.15) is 5.69 Å². The lowest BCUT2D eigenvalue weighted by molar-refractivity contribution is -0.384. The van der Waals surface area contributed by atoms with Gasteiger partial charge in [-0.15, -0.1) is 0 Å². The number of hydrogen-bond donors (Lipinski definition) is 1. The molecule has 1 heterocycles. The maximum absolute atomic E-state index is 12.5. The lowest BCUT2D eigenvalue weighted by atomic mass is 10.1. The molecule has 1 atom stereocenters. The van der Waals surface area contributed by atoms with Crippen LogP contribution in [0.3, 0.4) is 0 Å². The number of anilines is 1. The van der Waals surface area contributed by atoms with Gasteiger partial charge in [0.05, 0.1) is 11.5 Å². The van der Waals surface area contributed by atoms with Crippen molar-refractivity contribution < 1.29 is 9.72 Å². The maximum Gasteiger partial charge on any atom is 0.292 e. The number of para-hydroxylation sites is 2. The topological polar surface area (TPSA) is 78.7 Å². The van der Waals surface area contributed by atoms with Gasteiger partial charge in [0.15, 0.2) is 0 Å². The van der Waals surface area contributed by atoms with Crippen LogP contribution >= 0.6 is 11.6 Å². The van der Waals surface area contributed by atoms with Crippen LogP contribution < -0.4 is 10.2 Å². The normalized spacial score (nSPS) is 15.4. The molecule has 0 aromatic heterocycles. The van der Waals surface area contributed by atoms with Gasteiger partial charge in [0, 0.05) is 43.3 Å². The highest BCUT2D eigenvalue weighted by atomic mass is 35.5. The van der Waals surface area contributed by atoms with E-state index in [1.807, 2.05) is 36.1 Å². The maximum atomic E-state index is 12.5. The summed E-state index contributed by atoms with van der Waals surface area (Å²) in [5.41, 5.74) is 1.65. The van der Waals surface area contributed by atoms with Crippen molar-refractivity contribution in [1.82, 2.24) is 10.2 Å². The van der Waals surface area contributed by atoms with E-state index in [4.69, 9.17) is 11.6 Å². The van der Waals surface area contributed by atoms with Gasteiger partial charge in [-0.25, -0.2) is 0 Å². The van der Waals surface area contributed by atoms with Gasteiger partial charge < -0.3 is 15.1 Å². The van der Waals surface area contributed by atoms with Crippen molar-refractivity contribution in [3.05, 3.63) is 69.2 Å². The van der Waals surface area contributed by atoms with Crippen LogP contribution in [0.1, 0.15) is 18.5 Å². The molecule has 1 unspecified atom stereocenters. The van der Waals surface area contributed by atoms with Crippen LogP contribution in [-0.2, 0) is 4.79 Å². The predicted octanol–water partition coefficient (Wildman–Crippen LogP) is 3.25. The number of benzene rings is 2. The van der Waals surface area contributed by atoms with Crippen LogP contribution in [0.5, 0.6) is 0 Å². The molecule has 7 nitrogen and oxygen atoms in total. The monoisotopic (exact) mass is 402 g/mol. The molecule has 1 aliphatic rings. The molecule has 2 aromatic rings. The van der Waals surface area contributed by atoms with Crippen molar-refractivity contribution in [3.8, 4) is 0 Å². The molecule has 0 radical (unpaired) electrons. The number of rotatable bonds is 6. The summed E-state index contributed by atoms with van der Waals surface area (Å²) in [6.07, 6.45) is 0. The third-order valence-electron chi connectivity index (χ3n) is 4.98. The van der Waals surface area contributed by atoms with Gasteiger partial charge in [-0.2, -0.15) is 0 Å². The van der Waals surface area contributed by atoms with Crippen molar-refractivity contribution in [2.24, 2.45) is 0 Å². The second-order valence-electron chi connectivity index (χ2n) is 6.74. The Balaban J connectivity index is 1.53. The van der Waals surface area contributed by atoms with E-state index in [1.54, 1.807) is 23.1 Å². The Labute approximate surface area is 169 Å². The van der Waals surface area contributed by atoms with Crippen molar-refractivity contribution in [2.45, 2.75) is 13.0 Å². The second kappa shape index (κ2) is 9.03. The van der Waals surface area contributed by atoms with Crippen molar-refractivity contribution in [1.29, 1.82) is 0 Å². The number of nitrogens with zero attached hydrogens (tertiary/aromatic N) is 3. The van der Waals surface area contributed by atoms with E-state index in [0.29, 0.717) is 36.9 Å². The third kappa shape index (κ3) is 4.61. The number of nitrogens with one attached hydrogen (secondary N) is 1. The summed E-state index contributed by atoms with van der Waals surface area (Å²) < 4.78 is 0. The van der Waals surface area contributed by atoms with E-state index >= 15 is 0 Å². The minimum Gasteiger partial charge on any atom is -0.362 e. The standard InChI is InChI=1S/C20H23ClN4O3/c1-15(16-6-2-3-7-17(16)21)22-14-20(26)24-12-10-23(11-13-24)18-8-4-5-9-19(18)25(27)28/h2-9,15,22H,10-14H2,1H3. The van der Waals surface area contributed by atoms with Crippen molar-refractivity contribution in [2.75, 3.05) is 37.6 Å². The first-order chi connectivity index (χ1) is 13.5. The van der Waals surface area contributed by atoms with E-state index in [9.17, 15) is 14.9 Å². The van der Waals surface area contributed by atoms with E-state index < -0.39 is 0 Å². The fourth-order valence-corrected chi connectivity index (χ4v) is 3.67. The fraction of sp³-hybridized carbons (Fsp3) is 0.350. The first-order valence-electron chi connectivity index (χ1n) is 9.21. The molecule has 28 heavy (non-hydrogen) atoms. The summed E-state index contributed by atoms with van der Waals surface area (Å²) in [4.78, 5) is 27.1. The fourth-order valence-electron chi connectivity index (χ4n) is 3.37. The zero-order valence-corrected chi connectivity index (χ0v) is 16.4. The predicted molar refractivity (Wildman–Crippen MR) is 110 cm³/mol. The molecular formula is C20H23ClN4O3. The van der Waals surface area contributed by atoms with Crippen LogP contribution in [0.2, 0.25) is 5.02 Å². The quantitative estimate of drug-likeness (QED) is 0.592. The van der Waals surface area contributed by atoms with Crippen LogP contribution in [0.15, 0.2) is 48.5 Å². The molecule has 0 bridgehead atoms. The van der Waals surface area contributed by atoms with E-state index in [0.717, 1.165) is 5.56 Å². The molecule has 3 rings (SSSR count). The van der Waals surface area contributed by atoms with E-state index in [2.05, 4.69) is 5.32 Å². The van der Waals surface area contributed by atoms with Crippen LogP contribution in [0, 0.1) is 10.1 Å². The number of amides is 1. The second-order valence-corrected chi connectivity index (χ2v) is 7.14.